The number of nitrogens with zero attached hydrogens (tertiary/aromatic N) is 1. The fourth-order valence-corrected chi connectivity index (χ4v) is 2.10. The van der Waals surface area contributed by atoms with E-state index in [2.05, 4.69) is 0 Å². The quantitative estimate of drug-likeness (QED) is 0.795. The van der Waals surface area contributed by atoms with Crippen molar-refractivity contribution < 1.29 is 24.5 Å². The predicted molar refractivity (Wildman–Crippen MR) is 68.8 cm³/mol. The molecule has 0 radical (unpaired) electrons. The van der Waals surface area contributed by atoms with Crippen LogP contribution in [0.15, 0.2) is 0 Å². The number of amides is 1. The normalized spacial score (nSPS) is 24.4. The molecule has 19 heavy (non-hydrogen) atoms. The Labute approximate surface area is 113 Å². The molecule has 1 amide bonds. The van der Waals surface area contributed by atoms with Crippen LogP contribution in [0.3, 0.4) is 0 Å². The lowest BCUT2D eigenvalue weighted by Gasteiger charge is -2.28. The van der Waals surface area contributed by atoms with Crippen molar-refractivity contribution in [3.8, 4) is 0 Å². The van der Waals surface area contributed by atoms with Gasteiger partial charge in [0.1, 0.15) is 11.6 Å². The molecule has 1 aliphatic heterocycles. The van der Waals surface area contributed by atoms with Crippen LogP contribution in [0.5, 0.6) is 0 Å². The van der Waals surface area contributed by atoms with Crippen LogP contribution in [0.1, 0.15) is 41.0 Å². The van der Waals surface area contributed by atoms with Crippen molar-refractivity contribution in [3.05, 3.63) is 0 Å². The van der Waals surface area contributed by atoms with Crippen LogP contribution in [-0.4, -0.2) is 51.0 Å². The molecule has 2 atom stereocenters. The van der Waals surface area contributed by atoms with Crippen molar-refractivity contribution in [1.82, 2.24) is 4.90 Å². The third-order valence-corrected chi connectivity index (χ3v) is 3.21. The first kappa shape index (κ1) is 15.8. The largest absolute Gasteiger partial charge is 0.480 e. The van der Waals surface area contributed by atoms with Gasteiger partial charge in [0.15, 0.2) is 0 Å². The average molecular weight is 273 g/mol. The Bertz CT molecular complexity index is 366. The molecule has 1 aliphatic rings. The maximum atomic E-state index is 12.0. The first-order valence-corrected chi connectivity index (χ1v) is 6.36. The minimum atomic E-state index is -1.07. The van der Waals surface area contributed by atoms with E-state index < -0.39 is 29.3 Å². The van der Waals surface area contributed by atoms with Crippen molar-refractivity contribution in [2.45, 2.75) is 58.3 Å². The summed E-state index contributed by atoms with van der Waals surface area (Å²) in [5, 5.41) is 19.2. The molecule has 0 spiro atoms. The molecule has 1 rings (SSSR count). The monoisotopic (exact) mass is 273 g/mol. The van der Waals surface area contributed by atoms with E-state index in [1.165, 1.54) is 4.90 Å². The van der Waals surface area contributed by atoms with Gasteiger partial charge in [-0.25, -0.2) is 9.59 Å². The van der Waals surface area contributed by atoms with Crippen molar-refractivity contribution in [2.24, 2.45) is 5.92 Å². The van der Waals surface area contributed by atoms with Crippen molar-refractivity contribution in [1.29, 1.82) is 0 Å². The number of likely N-dealkylation sites (tertiary alicyclic amines) is 1. The van der Waals surface area contributed by atoms with E-state index in [-0.39, 0.29) is 18.9 Å². The smallest absolute Gasteiger partial charge is 0.411 e. The van der Waals surface area contributed by atoms with Gasteiger partial charge < -0.3 is 14.9 Å². The van der Waals surface area contributed by atoms with E-state index in [0.29, 0.717) is 0 Å². The van der Waals surface area contributed by atoms with Crippen LogP contribution >= 0.6 is 0 Å². The molecule has 0 aliphatic carbocycles. The van der Waals surface area contributed by atoms with Gasteiger partial charge in [-0.15, -0.1) is 0 Å². The predicted octanol–water partition coefficient (Wildman–Crippen LogP) is 1.47. The minimum Gasteiger partial charge on any atom is -0.480 e. The third kappa shape index (κ3) is 4.09. The summed E-state index contributed by atoms with van der Waals surface area (Å²) in [6.07, 6.45) is -0.412. The Hall–Kier alpha value is -1.30. The summed E-state index contributed by atoms with van der Waals surface area (Å²) in [5.74, 6) is -1.35. The van der Waals surface area contributed by atoms with Gasteiger partial charge in [0.2, 0.25) is 0 Å². The molecule has 110 valence electrons. The molecule has 0 aromatic carbocycles. The van der Waals surface area contributed by atoms with Gasteiger partial charge in [-0.1, -0.05) is 0 Å². The molecule has 1 heterocycles. The molecule has 0 aromatic rings. The molecular formula is C13H23NO5. The van der Waals surface area contributed by atoms with E-state index in [4.69, 9.17) is 4.74 Å². The maximum absolute atomic E-state index is 12.0. The second kappa shape index (κ2) is 5.00. The minimum absolute atomic E-state index is 0.190. The lowest BCUT2D eigenvalue weighted by molar-refractivity contribution is -0.142. The van der Waals surface area contributed by atoms with Gasteiger partial charge >= 0.3 is 12.1 Å². The second-order valence-electron chi connectivity index (χ2n) is 6.57. The van der Waals surface area contributed by atoms with Crippen LogP contribution in [0, 0.1) is 5.92 Å². The first-order valence-electron chi connectivity index (χ1n) is 6.36. The zero-order valence-electron chi connectivity index (χ0n) is 12.1. The van der Waals surface area contributed by atoms with E-state index in [1.807, 2.05) is 0 Å². The van der Waals surface area contributed by atoms with Gasteiger partial charge in [-0.2, -0.15) is 0 Å². The number of ether oxygens (including phenoxy) is 1. The van der Waals surface area contributed by atoms with Gasteiger partial charge in [-0.05, 0) is 41.0 Å². The molecule has 6 nitrogen and oxygen atoms in total. The zero-order valence-corrected chi connectivity index (χ0v) is 12.1. The Morgan fingerprint density at radius 1 is 1.21 bits per heavy atom. The molecule has 1 unspecified atom stereocenters. The van der Waals surface area contributed by atoms with Gasteiger partial charge in [0.25, 0.3) is 0 Å². The van der Waals surface area contributed by atoms with E-state index in [1.54, 1.807) is 34.6 Å². The summed E-state index contributed by atoms with van der Waals surface area (Å²) in [7, 11) is 0. The molecular weight excluding hydrogens is 250 g/mol. The third-order valence-electron chi connectivity index (χ3n) is 3.21. The van der Waals surface area contributed by atoms with Crippen molar-refractivity contribution in [2.75, 3.05) is 6.54 Å². The highest BCUT2D eigenvalue weighted by Crippen LogP contribution is 2.32. The fraction of sp³-hybridized carbons (Fsp3) is 0.846. The number of hydrogen-bond acceptors (Lipinski definition) is 4. The summed E-state index contributed by atoms with van der Waals surface area (Å²) >= 11 is 0. The summed E-state index contributed by atoms with van der Waals surface area (Å²) in [5.41, 5.74) is -1.70. The average Bonchev–Trinajstić information content (AvgIpc) is 2.57. The Morgan fingerprint density at radius 3 is 2.11 bits per heavy atom. The molecule has 6 heteroatoms. The number of carbonyl (C=O) groups is 2. The van der Waals surface area contributed by atoms with Crippen molar-refractivity contribution in [3.63, 3.8) is 0 Å². The van der Waals surface area contributed by atoms with E-state index in [9.17, 15) is 19.8 Å². The lowest BCUT2D eigenvalue weighted by atomic mass is 9.89. The van der Waals surface area contributed by atoms with Crippen molar-refractivity contribution >= 4 is 12.1 Å². The summed E-state index contributed by atoms with van der Waals surface area (Å²) in [4.78, 5) is 24.4. The number of rotatable bonds is 2. The molecule has 0 aromatic heterocycles. The number of carbonyl (C=O) groups excluding carboxylic acids is 1. The maximum Gasteiger partial charge on any atom is 0.411 e. The number of hydrogen-bond donors (Lipinski definition) is 2. The fourth-order valence-electron chi connectivity index (χ4n) is 2.10. The first-order chi connectivity index (χ1) is 8.42. The van der Waals surface area contributed by atoms with Crippen LogP contribution in [-0.2, 0) is 9.53 Å². The Balaban J connectivity index is 2.86. The number of carboxylic acids is 1. The molecule has 1 fully saturated rings. The Morgan fingerprint density at radius 2 is 1.74 bits per heavy atom. The van der Waals surface area contributed by atoms with Gasteiger partial charge in [0, 0.05) is 12.5 Å². The van der Waals surface area contributed by atoms with Gasteiger partial charge in [-0.3, -0.25) is 4.90 Å². The van der Waals surface area contributed by atoms with Gasteiger partial charge in [0.05, 0.1) is 5.60 Å². The summed E-state index contributed by atoms with van der Waals surface area (Å²) < 4.78 is 5.21. The topological polar surface area (TPSA) is 87.1 Å². The standard InChI is InChI=1S/C13H23NO5/c1-12(2,3)19-11(17)14-7-8(13(4,5)18)6-9(14)10(15)16/h8-9,18H,6-7H2,1-5H3,(H,15,16)/t8?,9-/m0/s1. The molecule has 1 saturated heterocycles. The highest BCUT2D eigenvalue weighted by molar-refractivity contribution is 5.81. The highest BCUT2D eigenvalue weighted by atomic mass is 16.6. The number of carboxylic acid groups (broad SMARTS) is 1. The summed E-state index contributed by atoms with van der Waals surface area (Å²) in [6.45, 7) is 8.61. The van der Waals surface area contributed by atoms with E-state index in [0.717, 1.165) is 0 Å². The van der Waals surface area contributed by atoms with Crippen LogP contribution in [0.4, 0.5) is 4.79 Å². The molecule has 0 saturated carbocycles. The van der Waals surface area contributed by atoms with Crippen LogP contribution < -0.4 is 0 Å². The second-order valence-corrected chi connectivity index (χ2v) is 6.57. The summed E-state index contributed by atoms with van der Waals surface area (Å²) in [6, 6.07) is -0.939. The number of aliphatic hydroxyl groups is 1. The zero-order chi connectivity index (χ0) is 15.0. The van der Waals surface area contributed by atoms with E-state index >= 15 is 0 Å². The van der Waals surface area contributed by atoms with Crippen LogP contribution in [0.2, 0.25) is 0 Å². The number of aliphatic carboxylic acids is 1. The highest BCUT2D eigenvalue weighted by Gasteiger charge is 2.46. The Kier molecular flexibility index (Phi) is 4.14. The lowest BCUT2D eigenvalue weighted by Crippen LogP contribution is -2.43. The SMILES string of the molecule is CC(C)(C)OC(=O)N1CC(C(C)(C)O)C[C@H]1C(=O)O. The molecule has 2 N–H and O–H groups in total. The molecule has 0 bridgehead atoms. The van der Waals surface area contributed by atoms with Crippen LogP contribution in [0.25, 0.3) is 0 Å².